The topological polar surface area (TPSA) is 63.8 Å². The molecular weight excluding hydrogens is 352 g/mol. The van der Waals surface area contributed by atoms with Crippen LogP contribution in [0.15, 0.2) is 18.2 Å². The number of rotatable bonds is 8. The minimum absolute atomic E-state index is 0.212. The van der Waals surface area contributed by atoms with E-state index in [2.05, 4.69) is 56.2 Å². The van der Waals surface area contributed by atoms with Crippen LogP contribution < -0.4 is 11.1 Å². The van der Waals surface area contributed by atoms with E-state index in [1.807, 2.05) is 0 Å². The van der Waals surface area contributed by atoms with Crippen molar-refractivity contribution in [3.63, 3.8) is 0 Å². The molecule has 0 spiro atoms. The van der Waals surface area contributed by atoms with Crippen LogP contribution in [0.25, 0.3) is 21.1 Å². The van der Waals surface area contributed by atoms with Gasteiger partial charge in [-0.3, -0.25) is 0 Å². The van der Waals surface area contributed by atoms with Crippen LogP contribution in [0.5, 0.6) is 0 Å². The monoisotopic (exact) mass is 384 g/mol. The number of fused-ring (bicyclic) bond motifs is 3. The summed E-state index contributed by atoms with van der Waals surface area (Å²) in [6, 6.07) is 6.61. The zero-order chi connectivity index (χ0) is 19.4. The molecule has 3 aromatic rings. The van der Waals surface area contributed by atoms with Crippen molar-refractivity contribution in [2.24, 2.45) is 0 Å². The summed E-state index contributed by atoms with van der Waals surface area (Å²) in [6.07, 6.45) is 6.90. The van der Waals surface area contributed by atoms with Gasteiger partial charge in [-0.1, -0.05) is 19.4 Å². The summed E-state index contributed by atoms with van der Waals surface area (Å²) in [4.78, 5) is 9.30. The van der Waals surface area contributed by atoms with Crippen molar-refractivity contribution in [2.45, 2.75) is 71.8 Å². The van der Waals surface area contributed by atoms with Crippen LogP contribution >= 0.6 is 11.3 Å². The molecule has 0 aliphatic heterocycles. The molecule has 3 N–H and O–H groups in total. The smallest absolute Gasteiger partial charge is 0.151 e. The van der Waals surface area contributed by atoms with E-state index in [0.29, 0.717) is 5.82 Å². The molecule has 0 unspecified atom stereocenters. The van der Waals surface area contributed by atoms with Crippen LogP contribution in [0.4, 0.5) is 5.82 Å². The quantitative estimate of drug-likeness (QED) is 0.505. The first-order chi connectivity index (χ1) is 12.9. The lowest BCUT2D eigenvalue weighted by atomic mass is 10.0. The van der Waals surface area contributed by atoms with E-state index in [-0.39, 0.29) is 5.54 Å². The number of nitrogens with two attached hydrogens (primary N) is 1. The van der Waals surface area contributed by atoms with Crippen LogP contribution in [0.2, 0.25) is 0 Å². The van der Waals surface area contributed by atoms with Gasteiger partial charge in [0.15, 0.2) is 5.82 Å². The van der Waals surface area contributed by atoms with Crippen LogP contribution in [0.3, 0.4) is 0 Å². The summed E-state index contributed by atoms with van der Waals surface area (Å²) in [5.41, 5.74) is 9.60. The average Bonchev–Trinajstić information content (AvgIpc) is 3.03. The Morgan fingerprint density at radius 2 is 1.89 bits per heavy atom. The molecule has 0 radical (unpaired) electrons. The number of anilines is 1. The van der Waals surface area contributed by atoms with Crippen molar-refractivity contribution >= 4 is 38.3 Å². The molecule has 1 aromatic carbocycles. The maximum absolute atomic E-state index is 6.15. The van der Waals surface area contributed by atoms with E-state index in [4.69, 9.17) is 10.7 Å². The zero-order valence-electron chi connectivity index (χ0n) is 17.1. The second kappa shape index (κ2) is 8.53. The van der Waals surface area contributed by atoms with Crippen molar-refractivity contribution in [3.05, 3.63) is 28.8 Å². The van der Waals surface area contributed by atoms with Crippen molar-refractivity contribution in [3.8, 4) is 0 Å². The van der Waals surface area contributed by atoms with Crippen molar-refractivity contribution in [1.82, 2.24) is 15.3 Å². The molecule has 0 bridgehead atoms. The number of aromatic nitrogens is 2. The fourth-order valence-corrected chi connectivity index (χ4v) is 4.54. The SMILES string of the molecule is CCCc1nc2c(N)nc3ccc(CCCCCNC(C)(C)C)cc3c2s1. The van der Waals surface area contributed by atoms with Gasteiger partial charge in [0.2, 0.25) is 0 Å². The van der Waals surface area contributed by atoms with E-state index >= 15 is 0 Å². The molecule has 5 heteroatoms. The Morgan fingerprint density at radius 1 is 1.07 bits per heavy atom. The number of nitrogen functional groups attached to an aromatic ring is 1. The number of aryl methyl sites for hydroxylation is 2. The summed E-state index contributed by atoms with van der Waals surface area (Å²) >= 11 is 1.77. The molecule has 0 amide bonds. The number of nitrogens with one attached hydrogen (secondary N) is 1. The Hall–Kier alpha value is -1.72. The molecule has 4 nitrogen and oxygen atoms in total. The zero-order valence-corrected chi connectivity index (χ0v) is 17.9. The fraction of sp³-hybridized carbons (Fsp3) is 0.545. The molecule has 146 valence electrons. The molecular formula is C22H32N4S. The molecule has 0 saturated carbocycles. The van der Waals surface area contributed by atoms with Gasteiger partial charge in [-0.25, -0.2) is 9.97 Å². The third-order valence-electron chi connectivity index (χ3n) is 4.72. The standard InChI is InChI=1S/C22H32N4S/c1-5-9-18-26-19-20(27-18)16-14-15(11-12-17(16)25-21(19)23)10-7-6-8-13-24-22(2,3)4/h11-12,14,24H,5-10,13H2,1-4H3,(H2,23,25). The second-order valence-corrected chi connectivity index (χ2v) is 9.45. The Bertz CT molecular complexity index is 908. The Morgan fingerprint density at radius 3 is 2.63 bits per heavy atom. The molecule has 0 aliphatic rings. The van der Waals surface area contributed by atoms with Gasteiger partial charge < -0.3 is 11.1 Å². The summed E-state index contributed by atoms with van der Waals surface area (Å²) in [5.74, 6) is 0.551. The van der Waals surface area contributed by atoms with Crippen LogP contribution in [-0.2, 0) is 12.8 Å². The first kappa shape index (κ1) is 20.0. The van der Waals surface area contributed by atoms with Crippen LogP contribution in [0, 0.1) is 0 Å². The number of pyridine rings is 1. The molecule has 0 saturated heterocycles. The lowest BCUT2D eigenvalue weighted by molar-refractivity contribution is 0.417. The van der Waals surface area contributed by atoms with E-state index in [1.165, 1.54) is 34.9 Å². The third kappa shape index (κ3) is 5.17. The highest BCUT2D eigenvalue weighted by Crippen LogP contribution is 2.33. The molecule has 27 heavy (non-hydrogen) atoms. The molecule has 0 fully saturated rings. The number of nitrogens with zero attached hydrogens (tertiary/aromatic N) is 2. The number of hydrogen-bond donors (Lipinski definition) is 2. The Labute approximate surface area is 166 Å². The van der Waals surface area contributed by atoms with Crippen LogP contribution in [-0.4, -0.2) is 22.1 Å². The number of thiazole rings is 1. The minimum Gasteiger partial charge on any atom is -0.382 e. The maximum Gasteiger partial charge on any atom is 0.151 e. The Kier molecular flexibility index (Phi) is 6.33. The summed E-state index contributed by atoms with van der Waals surface area (Å²) < 4.78 is 1.19. The molecule has 2 heterocycles. The number of unbranched alkanes of at least 4 members (excludes halogenated alkanes) is 2. The molecule has 2 aromatic heterocycles. The summed E-state index contributed by atoms with van der Waals surface area (Å²) in [7, 11) is 0. The van der Waals surface area contributed by atoms with E-state index in [1.54, 1.807) is 11.3 Å². The van der Waals surface area contributed by atoms with Crippen molar-refractivity contribution in [1.29, 1.82) is 0 Å². The lowest BCUT2D eigenvalue weighted by Crippen LogP contribution is -2.36. The number of hydrogen-bond acceptors (Lipinski definition) is 5. The van der Waals surface area contributed by atoms with Gasteiger partial charge in [0.05, 0.1) is 15.2 Å². The van der Waals surface area contributed by atoms with Gasteiger partial charge >= 0.3 is 0 Å². The maximum atomic E-state index is 6.15. The minimum atomic E-state index is 0.212. The molecule has 0 atom stereocenters. The van der Waals surface area contributed by atoms with E-state index in [9.17, 15) is 0 Å². The highest BCUT2D eigenvalue weighted by Gasteiger charge is 2.13. The predicted molar refractivity (Wildman–Crippen MR) is 119 cm³/mol. The largest absolute Gasteiger partial charge is 0.382 e. The first-order valence-corrected chi connectivity index (χ1v) is 10.9. The number of benzene rings is 1. The second-order valence-electron chi connectivity index (χ2n) is 8.37. The molecule has 3 rings (SSSR count). The fourth-order valence-electron chi connectivity index (χ4n) is 3.34. The highest BCUT2D eigenvalue weighted by molar-refractivity contribution is 7.19. The van der Waals surface area contributed by atoms with E-state index < -0.39 is 0 Å². The van der Waals surface area contributed by atoms with E-state index in [0.717, 1.165) is 41.8 Å². The van der Waals surface area contributed by atoms with Crippen molar-refractivity contribution in [2.75, 3.05) is 12.3 Å². The van der Waals surface area contributed by atoms with Gasteiger partial charge in [-0.15, -0.1) is 11.3 Å². The van der Waals surface area contributed by atoms with Crippen LogP contribution in [0.1, 0.15) is 63.9 Å². The highest BCUT2D eigenvalue weighted by atomic mass is 32.1. The van der Waals surface area contributed by atoms with Gasteiger partial charge in [-0.05, 0) is 77.1 Å². The van der Waals surface area contributed by atoms with Gasteiger partial charge in [0.1, 0.15) is 5.52 Å². The van der Waals surface area contributed by atoms with Crippen molar-refractivity contribution < 1.29 is 0 Å². The molecule has 0 aliphatic carbocycles. The summed E-state index contributed by atoms with van der Waals surface area (Å²) in [5, 5.41) is 5.91. The lowest BCUT2D eigenvalue weighted by Gasteiger charge is -2.20. The van der Waals surface area contributed by atoms with Gasteiger partial charge in [0, 0.05) is 10.9 Å². The van der Waals surface area contributed by atoms with Gasteiger partial charge in [-0.2, -0.15) is 0 Å². The Balaban J connectivity index is 1.70. The first-order valence-electron chi connectivity index (χ1n) is 10.1. The van der Waals surface area contributed by atoms with Gasteiger partial charge in [0.25, 0.3) is 0 Å². The average molecular weight is 385 g/mol. The summed E-state index contributed by atoms with van der Waals surface area (Å²) in [6.45, 7) is 9.92. The normalized spacial score (nSPS) is 12.3. The third-order valence-corrected chi connectivity index (χ3v) is 5.87. The predicted octanol–water partition coefficient (Wildman–Crippen LogP) is 5.48.